The van der Waals surface area contributed by atoms with Crippen LogP contribution in [0, 0.1) is 11.2 Å². The molecule has 7 nitrogen and oxygen atoms in total. The molecule has 1 aliphatic heterocycles. The van der Waals surface area contributed by atoms with Crippen molar-refractivity contribution in [2.75, 3.05) is 0 Å². The third-order valence-electron chi connectivity index (χ3n) is 5.98. The highest BCUT2D eigenvalue weighted by molar-refractivity contribution is 5.98. The first-order chi connectivity index (χ1) is 14.7. The number of carbonyl (C=O) groups is 1. The van der Waals surface area contributed by atoms with Crippen LogP contribution in [0.1, 0.15) is 42.7 Å². The van der Waals surface area contributed by atoms with E-state index in [4.69, 9.17) is 4.42 Å². The average Bonchev–Trinajstić information content (AvgIpc) is 3.36. The Kier molecular flexibility index (Phi) is 3.99. The van der Waals surface area contributed by atoms with E-state index in [1.165, 1.54) is 6.20 Å². The number of nitrogens with one attached hydrogen (secondary N) is 1. The third kappa shape index (κ3) is 2.74. The Hall–Kier alpha value is -3.68. The predicted octanol–water partition coefficient (Wildman–Crippen LogP) is 4.63. The van der Waals surface area contributed by atoms with E-state index in [-0.39, 0.29) is 22.9 Å². The Morgan fingerprint density at radius 2 is 2.13 bits per heavy atom. The molecule has 0 saturated heterocycles. The zero-order valence-electron chi connectivity index (χ0n) is 17.2. The molecule has 1 atom stereocenters. The molecule has 2 N–H and O–H groups in total. The van der Waals surface area contributed by atoms with E-state index >= 15 is 4.39 Å². The maximum atomic E-state index is 15.4. The summed E-state index contributed by atoms with van der Waals surface area (Å²) in [7, 11) is 0. The van der Waals surface area contributed by atoms with Gasteiger partial charge in [-0.25, -0.2) is 9.18 Å². The molecule has 1 aromatic carbocycles. The Bertz CT molecular complexity index is 1410. The van der Waals surface area contributed by atoms with Crippen molar-refractivity contribution in [3.8, 4) is 22.6 Å². The fourth-order valence-electron chi connectivity index (χ4n) is 4.42. The SMILES string of the molecule is CC(C)(C)[C@@H]1Cc2c(oc3c(-c4cn[nH]c4)cccc23)-c2c(F)c(=O)c(C(=O)O)cn21. The van der Waals surface area contributed by atoms with Crippen LogP contribution in [0.4, 0.5) is 4.39 Å². The molecule has 0 fully saturated rings. The zero-order valence-corrected chi connectivity index (χ0v) is 17.2. The number of aromatic carboxylic acids is 1. The summed E-state index contributed by atoms with van der Waals surface area (Å²) >= 11 is 0. The first kappa shape index (κ1) is 19.3. The van der Waals surface area contributed by atoms with Gasteiger partial charge in [-0.2, -0.15) is 5.10 Å². The monoisotopic (exact) mass is 421 g/mol. The van der Waals surface area contributed by atoms with Gasteiger partial charge in [-0.1, -0.05) is 39.0 Å². The van der Waals surface area contributed by atoms with Crippen molar-refractivity contribution in [3.63, 3.8) is 0 Å². The molecule has 3 aromatic heterocycles. The quantitative estimate of drug-likeness (QED) is 0.491. The van der Waals surface area contributed by atoms with Gasteiger partial charge in [0.25, 0.3) is 0 Å². The summed E-state index contributed by atoms with van der Waals surface area (Å²) in [6.45, 7) is 6.01. The number of fused-ring (bicyclic) bond motifs is 5. The van der Waals surface area contributed by atoms with E-state index in [2.05, 4.69) is 10.2 Å². The number of halogens is 1. The lowest BCUT2D eigenvalue weighted by Gasteiger charge is -2.37. The predicted molar refractivity (Wildman–Crippen MR) is 113 cm³/mol. The molecule has 0 saturated carbocycles. The van der Waals surface area contributed by atoms with Gasteiger partial charge in [-0.05, 0) is 11.8 Å². The number of H-pyrrole nitrogens is 1. The Morgan fingerprint density at radius 1 is 1.35 bits per heavy atom. The smallest absolute Gasteiger partial charge is 0.341 e. The van der Waals surface area contributed by atoms with Crippen molar-refractivity contribution in [2.24, 2.45) is 5.41 Å². The number of carboxylic acids is 1. The number of hydrogen-bond acceptors (Lipinski definition) is 4. The van der Waals surface area contributed by atoms with Gasteiger partial charge in [-0.15, -0.1) is 0 Å². The molecule has 0 unspecified atom stereocenters. The molecule has 0 aliphatic carbocycles. The molecule has 31 heavy (non-hydrogen) atoms. The van der Waals surface area contributed by atoms with Gasteiger partial charge in [0.1, 0.15) is 16.8 Å². The maximum absolute atomic E-state index is 15.4. The molecular formula is C23H20FN3O4. The number of furan rings is 1. The van der Waals surface area contributed by atoms with Crippen molar-refractivity contribution in [1.82, 2.24) is 14.8 Å². The summed E-state index contributed by atoms with van der Waals surface area (Å²) in [6, 6.07) is 5.43. The first-order valence-electron chi connectivity index (χ1n) is 9.90. The minimum atomic E-state index is -1.45. The zero-order chi connectivity index (χ0) is 22.1. The lowest BCUT2D eigenvalue weighted by molar-refractivity contribution is 0.0692. The van der Waals surface area contributed by atoms with E-state index in [9.17, 15) is 14.7 Å². The molecule has 0 spiro atoms. The summed E-state index contributed by atoms with van der Waals surface area (Å²) < 4.78 is 23.1. The highest BCUT2D eigenvalue weighted by Gasteiger charge is 2.38. The van der Waals surface area contributed by atoms with Crippen LogP contribution >= 0.6 is 0 Å². The van der Waals surface area contributed by atoms with E-state index in [0.717, 1.165) is 22.1 Å². The van der Waals surface area contributed by atoms with E-state index in [0.29, 0.717) is 12.0 Å². The van der Waals surface area contributed by atoms with E-state index in [1.54, 1.807) is 17.0 Å². The maximum Gasteiger partial charge on any atom is 0.341 e. The van der Waals surface area contributed by atoms with Gasteiger partial charge < -0.3 is 14.1 Å². The van der Waals surface area contributed by atoms with Crippen molar-refractivity contribution >= 4 is 16.9 Å². The standard InChI is InChI=1S/C23H20FN3O4/c1-23(2,3)16-7-14-13-6-4-5-12(11-8-25-26-9-11)20(13)31-21(14)18-17(24)19(28)15(22(29)30)10-27(16)18/h4-6,8-10,16H,7H2,1-3H3,(H,25,26)(H,29,30)/t16-/m0/s1. The summed E-state index contributed by atoms with van der Waals surface area (Å²) in [5, 5.41) is 17.0. The molecule has 8 heteroatoms. The number of aromatic nitrogens is 3. The largest absolute Gasteiger partial charge is 0.477 e. The highest BCUT2D eigenvalue weighted by Crippen LogP contribution is 2.48. The Labute approximate surface area is 176 Å². The number of para-hydroxylation sites is 1. The molecule has 4 aromatic rings. The summed E-state index contributed by atoms with van der Waals surface area (Å²) in [5.74, 6) is -2.30. The fraction of sp³-hybridized carbons (Fsp3) is 0.261. The van der Waals surface area contributed by atoms with Gasteiger partial charge in [-0.3, -0.25) is 9.89 Å². The molecule has 0 radical (unpaired) electrons. The fourth-order valence-corrected chi connectivity index (χ4v) is 4.42. The molecule has 0 bridgehead atoms. The van der Waals surface area contributed by atoms with Crippen molar-refractivity contribution in [1.29, 1.82) is 0 Å². The number of carboxylic acid groups (broad SMARTS) is 1. The Morgan fingerprint density at radius 3 is 2.77 bits per heavy atom. The number of rotatable bonds is 2. The number of hydrogen-bond donors (Lipinski definition) is 2. The first-order valence-corrected chi connectivity index (χ1v) is 9.90. The topological polar surface area (TPSA) is 101 Å². The van der Waals surface area contributed by atoms with Crippen molar-refractivity contribution in [2.45, 2.75) is 33.2 Å². The van der Waals surface area contributed by atoms with E-state index in [1.807, 2.05) is 39.0 Å². The second-order valence-electron chi connectivity index (χ2n) is 8.91. The minimum absolute atomic E-state index is 0.00878. The van der Waals surface area contributed by atoms with Crippen LogP contribution < -0.4 is 5.43 Å². The van der Waals surface area contributed by atoms with Crippen LogP contribution in [0.25, 0.3) is 33.6 Å². The number of benzene rings is 1. The normalized spacial score (nSPS) is 15.7. The summed E-state index contributed by atoms with van der Waals surface area (Å²) in [5.41, 5.74) is 0.919. The molecule has 4 heterocycles. The van der Waals surface area contributed by atoms with Crippen LogP contribution in [0.3, 0.4) is 0 Å². The molecule has 1 aliphatic rings. The van der Waals surface area contributed by atoms with Gasteiger partial charge in [0, 0.05) is 40.5 Å². The molecule has 0 amide bonds. The van der Waals surface area contributed by atoms with E-state index < -0.39 is 22.8 Å². The summed E-state index contributed by atoms with van der Waals surface area (Å²) in [4.78, 5) is 24.1. The average molecular weight is 421 g/mol. The second kappa shape index (κ2) is 6.41. The van der Waals surface area contributed by atoms with Gasteiger partial charge in [0.2, 0.25) is 5.43 Å². The van der Waals surface area contributed by atoms with Crippen LogP contribution in [-0.2, 0) is 6.42 Å². The van der Waals surface area contributed by atoms with Crippen LogP contribution in [0.15, 0.2) is 46.0 Å². The lowest BCUT2D eigenvalue weighted by Crippen LogP contribution is -2.34. The number of pyridine rings is 1. The van der Waals surface area contributed by atoms with Crippen molar-refractivity contribution in [3.05, 3.63) is 64.0 Å². The Balaban J connectivity index is 1.88. The van der Waals surface area contributed by atoms with Gasteiger partial charge in [0.05, 0.1) is 6.20 Å². The van der Waals surface area contributed by atoms with Gasteiger partial charge >= 0.3 is 5.97 Å². The third-order valence-corrected chi connectivity index (χ3v) is 5.98. The van der Waals surface area contributed by atoms with Crippen LogP contribution in [0.2, 0.25) is 0 Å². The minimum Gasteiger partial charge on any atom is -0.477 e. The lowest BCUT2D eigenvalue weighted by atomic mass is 9.79. The van der Waals surface area contributed by atoms with Crippen LogP contribution in [-0.4, -0.2) is 25.8 Å². The molecular weight excluding hydrogens is 401 g/mol. The number of nitrogens with zero attached hydrogens (tertiary/aromatic N) is 2. The number of aromatic amines is 1. The summed E-state index contributed by atoms with van der Waals surface area (Å²) in [6.07, 6.45) is 5.17. The molecule has 5 rings (SSSR count). The second-order valence-corrected chi connectivity index (χ2v) is 8.91. The molecule has 158 valence electrons. The van der Waals surface area contributed by atoms with Gasteiger partial charge in [0.15, 0.2) is 11.6 Å². The highest BCUT2D eigenvalue weighted by atomic mass is 19.1. The van der Waals surface area contributed by atoms with Crippen molar-refractivity contribution < 1.29 is 18.7 Å². The van der Waals surface area contributed by atoms with Crippen LogP contribution in [0.5, 0.6) is 0 Å².